The predicted molar refractivity (Wildman–Crippen MR) is 184 cm³/mol. The lowest BCUT2D eigenvalue weighted by Gasteiger charge is -2.09. The molecule has 2 aromatic carbocycles. The van der Waals surface area contributed by atoms with Crippen LogP contribution in [0.15, 0.2) is 90.3 Å². The van der Waals surface area contributed by atoms with Crippen molar-refractivity contribution in [3.05, 3.63) is 134 Å². The molecular weight excluding hydrogens is 640 g/mol. The van der Waals surface area contributed by atoms with Crippen molar-refractivity contribution in [1.29, 1.82) is 0 Å². The Kier molecular flexibility index (Phi) is 11.8. The number of nitro benzene ring substituents is 2. The van der Waals surface area contributed by atoms with Crippen molar-refractivity contribution in [3.8, 4) is 0 Å². The number of nitrogens with zero attached hydrogens (tertiary/aromatic N) is 6. The summed E-state index contributed by atoms with van der Waals surface area (Å²) in [5.74, 6) is 0. The number of aryl methyl sites for hydroxylation is 2. The third-order valence-electron chi connectivity index (χ3n) is 7.46. The Morgan fingerprint density at radius 2 is 0.980 bits per heavy atom. The van der Waals surface area contributed by atoms with Crippen LogP contribution in [0.1, 0.15) is 57.1 Å². The summed E-state index contributed by atoms with van der Waals surface area (Å²) in [6.07, 6.45) is 6.58. The molecule has 0 aliphatic carbocycles. The summed E-state index contributed by atoms with van der Waals surface area (Å²) < 4.78 is 2.81. The van der Waals surface area contributed by atoms with Crippen molar-refractivity contribution in [3.63, 3.8) is 0 Å². The fourth-order valence-electron chi connectivity index (χ4n) is 4.69. The molecular formula is C31H34N10O8. The van der Waals surface area contributed by atoms with E-state index in [-0.39, 0.29) is 22.5 Å². The molecule has 49 heavy (non-hydrogen) atoms. The molecule has 0 saturated carbocycles. The Balaban J connectivity index is 1.26. The second-order valence-corrected chi connectivity index (χ2v) is 11.0. The van der Waals surface area contributed by atoms with E-state index in [1.807, 2.05) is 0 Å². The minimum atomic E-state index is -0.587. The van der Waals surface area contributed by atoms with E-state index in [4.69, 9.17) is 0 Å². The number of anilines is 2. The molecule has 18 nitrogen and oxygen atoms in total. The average Bonchev–Trinajstić information content (AvgIpc) is 3.07. The fraction of sp³-hybridized carbons (Fsp3) is 0.290. The minimum Gasteiger partial charge on any atom is -0.300 e. The van der Waals surface area contributed by atoms with E-state index in [0.717, 1.165) is 19.3 Å². The molecule has 0 spiro atoms. The van der Waals surface area contributed by atoms with Crippen molar-refractivity contribution in [2.75, 3.05) is 10.9 Å². The first-order chi connectivity index (χ1) is 23.4. The quantitative estimate of drug-likeness (QED) is 0.0583. The van der Waals surface area contributed by atoms with Crippen LogP contribution in [0.4, 0.5) is 22.7 Å². The number of hydrogen-bond donors (Lipinski definition) is 4. The standard InChI is InChI=1S/C31H34N10O8/c1-20(34-36-22-8-12-24(13-9-22)40(46)47)26-18-38(30(44)32-28(26)42)16-6-4-3-5-7-17-39-19-27(29(43)33-31(39)45)21(2)35-37-23-10-14-25(15-11-23)41(48)49/h8-15,18-19,36-37H,3-7,16-17H2,1-2H3,(H,32,42,44)(H,33,43,45). The first-order valence-electron chi connectivity index (χ1n) is 15.2. The molecule has 4 aromatic rings. The van der Waals surface area contributed by atoms with E-state index in [1.54, 1.807) is 13.8 Å². The molecule has 4 rings (SSSR count). The molecule has 0 bridgehead atoms. The summed E-state index contributed by atoms with van der Waals surface area (Å²) >= 11 is 0. The van der Waals surface area contributed by atoms with Crippen LogP contribution in [0.3, 0.4) is 0 Å². The highest BCUT2D eigenvalue weighted by Gasteiger charge is 2.11. The number of hydrazone groups is 2. The van der Waals surface area contributed by atoms with Crippen LogP contribution in [-0.2, 0) is 13.1 Å². The molecule has 0 fully saturated rings. The Labute approximate surface area is 277 Å². The highest BCUT2D eigenvalue weighted by molar-refractivity contribution is 5.99. The molecule has 0 aliphatic heterocycles. The number of hydrogen-bond acceptors (Lipinski definition) is 12. The van der Waals surface area contributed by atoms with Gasteiger partial charge in [-0.25, -0.2) is 9.59 Å². The predicted octanol–water partition coefficient (Wildman–Crippen LogP) is 3.53. The number of nitrogens with one attached hydrogen (secondary N) is 4. The third-order valence-corrected chi connectivity index (χ3v) is 7.46. The lowest BCUT2D eigenvalue weighted by Crippen LogP contribution is -2.33. The summed E-state index contributed by atoms with van der Waals surface area (Å²) in [5, 5.41) is 30.0. The molecule has 0 radical (unpaired) electrons. The van der Waals surface area contributed by atoms with Crippen LogP contribution in [0.5, 0.6) is 0 Å². The van der Waals surface area contributed by atoms with Gasteiger partial charge in [0.05, 0.1) is 43.8 Å². The van der Waals surface area contributed by atoms with Gasteiger partial charge in [-0.3, -0.25) is 59.8 Å². The topological polar surface area (TPSA) is 245 Å². The number of unbranched alkanes of at least 4 members (excludes halogenated alkanes) is 4. The molecule has 4 N–H and O–H groups in total. The number of aromatic nitrogens is 4. The smallest absolute Gasteiger partial charge is 0.300 e. The van der Waals surface area contributed by atoms with E-state index in [9.17, 15) is 39.4 Å². The zero-order chi connectivity index (χ0) is 35.5. The van der Waals surface area contributed by atoms with Gasteiger partial charge in [-0.2, -0.15) is 10.2 Å². The molecule has 0 unspecified atom stereocenters. The van der Waals surface area contributed by atoms with Crippen LogP contribution in [0.2, 0.25) is 0 Å². The molecule has 18 heteroatoms. The minimum absolute atomic E-state index is 0.0666. The highest BCUT2D eigenvalue weighted by Crippen LogP contribution is 2.16. The summed E-state index contributed by atoms with van der Waals surface area (Å²) in [4.78, 5) is 74.9. The fourth-order valence-corrected chi connectivity index (χ4v) is 4.69. The van der Waals surface area contributed by atoms with E-state index < -0.39 is 32.3 Å². The van der Waals surface area contributed by atoms with Gasteiger partial charge in [0, 0.05) is 49.7 Å². The number of benzene rings is 2. The van der Waals surface area contributed by atoms with E-state index in [2.05, 4.69) is 31.0 Å². The van der Waals surface area contributed by atoms with Crippen molar-refractivity contribution >= 4 is 34.2 Å². The van der Waals surface area contributed by atoms with Gasteiger partial charge in [0.2, 0.25) is 0 Å². The van der Waals surface area contributed by atoms with Crippen LogP contribution >= 0.6 is 0 Å². The Morgan fingerprint density at radius 3 is 1.33 bits per heavy atom. The molecule has 2 aromatic heterocycles. The summed E-state index contributed by atoms with van der Waals surface area (Å²) in [5.41, 5.74) is 5.09. The molecule has 256 valence electrons. The van der Waals surface area contributed by atoms with Gasteiger partial charge in [-0.1, -0.05) is 19.3 Å². The van der Waals surface area contributed by atoms with Gasteiger partial charge < -0.3 is 0 Å². The van der Waals surface area contributed by atoms with Gasteiger partial charge in [-0.15, -0.1) is 0 Å². The zero-order valence-corrected chi connectivity index (χ0v) is 26.7. The Hall–Kier alpha value is -6.46. The lowest BCUT2D eigenvalue weighted by atomic mass is 10.1. The Morgan fingerprint density at radius 1 is 0.633 bits per heavy atom. The van der Waals surface area contributed by atoms with E-state index in [1.165, 1.54) is 70.1 Å². The first kappa shape index (κ1) is 35.4. The van der Waals surface area contributed by atoms with Crippen LogP contribution in [0, 0.1) is 20.2 Å². The number of aromatic amines is 2. The van der Waals surface area contributed by atoms with Crippen LogP contribution in [-0.4, -0.2) is 40.4 Å². The third kappa shape index (κ3) is 9.77. The van der Waals surface area contributed by atoms with Gasteiger partial charge in [-0.05, 0) is 51.0 Å². The Bertz CT molecular complexity index is 1960. The summed E-state index contributed by atoms with van der Waals surface area (Å²) in [7, 11) is 0. The lowest BCUT2D eigenvalue weighted by molar-refractivity contribution is -0.385. The molecule has 2 heterocycles. The van der Waals surface area contributed by atoms with E-state index in [0.29, 0.717) is 48.7 Å². The van der Waals surface area contributed by atoms with Crippen LogP contribution in [0.25, 0.3) is 0 Å². The number of nitro groups is 2. The van der Waals surface area contributed by atoms with Gasteiger partial charge in [0.1, 0.15) is 0 Å². The number of non-ortho nitro benzene ring substituents is 2. The summed E-state index contributed by atoms with van der Waals surface area (Å²) in [6, 6.07) is 11.2. The maximum Gasteiger partial charge on any atom is 0.328 e. The molecule has 0 saturated heterocycles. The molecule has 0 aliphatic rings. The zero-order valence-electron chi connectivity index (χ0n) is 26.7. The van der Waals surface area contributed by atoms with Crippen LogP contribution < -0.4 is 33.3 Å². The maximum atomic E-state index is 12.4. The SMILES string of the molecule is CC(=NNc1ccc([N+](=O)[O-])cc1)c1cn(CCCCCCCn2cc(C(C)=NNc3ccc([N+](=O)[O-])cc3)c(=O)[nH]c2=O)c(=O)[nH]c1=O. The normalized spacial score (nSPS) is 11.7. The van der Waals surface area contributed by atoms with Gasteiger partial charge in [0.25, 0.3) is 22.5 Å². The average molecular weight is 675 g/mol. The van der Waals surface area contributed by atoms with Gasteiger partial charge in [0.15, 0.2) is 0 Å². The van der Waals surface area contributed by atoms with Crippen molar-refractivity contribution in [2.24, 2.45) is 10.2 Å². The second kappa shape index (κ2) is 16.4. The second-order valence-electron chi connectivity index (χ2n) is 11.0. The highest BCUT2D eigenvalue weighted by atomic mass is 16.6. The van der Waals surface area contributed by atoms with E-state index >= 15 is 0 Å². The van der Waals surface area contributed by atoms with Crippen molar-refractivity contribution in [1.82, 2.24) is 19.1 Å². The largest absolute Gasteiger partial charge is 0.328 e. The van der Waals surface area contributed by atoms with Gasteiger partial charge >= 0.3 is 11.4 Å². The van der Waals surface area contributed by atoms with Crippen molar-refractivity contribution < 1.29 is 9.85 Å². The monoisotopic (exact) mass is 674 g/mol. The number of H-pyrrole nitrogens is 2. The van der Waals surface area contributed by atoms with Crippen molar-refractivity contribution in [2.45, 2.75) is 59.0 Å². The maximum absolute atomic E-state index is 12.4. The summed E-state index contributed by atoms with van der Waals surface area (Å²) in [6.45, 7) is 3.92. The molecule has 0 atom stereocenters. The first-order valence-corrected chi connectivity index (χ1v) is 15.2. The molecule has 0 amide bonds. The number of rotatable bonds is 16.